The SMILES string of the molecule is Cc1cccc(CSCCC(N)C(=O)O)c1. The van der Waals surface area contributed by atoms with E-state index in [2.05, 4.69) is 25.1 Å². The highest BCUT2D eigenvalue weighted by Crippen LogP contribution is 2.14. The minimum absolute atomic E-state index is 0.520. The Morgan fingerprint density at radius 3 is 2.94 bits per heavy atom. The standard InChI is InChI=1S/C12H17NO2S/c1-9-3-2-4-10(7-9)8-16-6-5-11(13)12(14)15/h2-4,7,11H,5-6,8,13H2,1H3,(H,14,15). The number of thioether (sulfide) groups is 1. The van der Waals surface area contributed by atoms with E-state index in [0.29, 0.717) is 6.42 Å². The van der Waals surface area contributed by atoms with Gasteiger partial charge in [-0.15, -0.1) is 0 Å². The van der Waals surface area contributed by atoms with Crippen LogP contribution in [0.25, 0.3) is 0 Å². The van der Waals surface area contributed by atoms with Crippen molar-refractivity contribution >= 4 is 17.7 Å². The van der Waals surface area contributed by atoms with Crippen molar-refractivity contribution in [3.05, 3.63) is 35.4 Å². The van der Waals surface area contributed by atoms with Gasteiger partial charge in [-0.3, -0.25) is 4.79 Å². The van der Waals surface area contributed by atoms with Gasteiger partial charge in [-0.2, -0.15) is 11.8 Å². The molecular weight excluding hydrogens is 222 g/mol. The third-order valence-electron chi connectivity index (χ3n) is 2.24. The fourth-order valence-corrected chi connectivity index (χ4v) is 2.31. The van der Waals surface area contributed by atoms with Crippen LogP contribution < -0.4 is 5.73 Å². The molecule has 1 aromatic carbocycles. The van der Waals surface area contributed by atoms with Gasteiger partial charge < -0.3 is 10.8 Å². The molecule has 0 aliphatic carbocycles. The molecule has 0 bridgehead atoms. The Bertz CT molecular complexity index is 355. The molecule has 0 radical (unpaired) electrons. The summed E-state index contributed by atoms with van der Waals surface area (Å²) in [7, 11) is 0. The number of aliphatic carboxylic acids is 1. The fourth-order valence-electron chi connectivity index (χ4n) is 1.33. The van der Waals surface area contributed by atoms with Gasteiger partial charge in [0.25, 0.3) is 0 Å². The number of hydrogen-bond acceptors (Lipinski definition) is 3. The highest BCUT2D eigenvalue weighted by atomic mass is 32.2. The first-order valence-corrected chi connectivity index (χ1v) is 6.36. The van der Waals surface area contributed by atoms with Crippen molar-refractivity contribution in [2.75, 3.05) is 5.75 Å². The van der Waals surface area contributed by atoms with Crippen LogP contribution in [0.4, 0.5) is 0 Å². The first-order valence-electron chi connectivity index (χ1n) is 5.21. The molecule has 0 aliphatic rings. The zero-order valence-electron chi connectivity index (χ0n) is 9.35. The minimum atomic E-state index is -0.920. The Kier molecular flexibility index (Phi) is 5.35. The van der Waals surface area contributed by atoms with Gasteiger partial charge >= 0.3 is 5.97 Å². The predicted molar refractivity (Wildman–Crippen MR) is 67.6 cm³/mol. The Morgan fingerprint density at radius 2 is 2.31 bits per heavy atom. The molecule has 0 saturated carbocycles. The zero-order valence-corrected chi connectivity index (χ0v) is 10.2. The largest absolute Gasteiger partial charge is 0.480 e. The van der Waals surface area contributed by atoms with Crippen LogP contribution in [-0.2, 0) is 10.5 Å². The topological polar surface area (TPSA) is 63.3 Å². The minimum Gasteiger partial charge on any atom is -0.480 e. The van der Waals surface area contributed by atoms with Crippen LogP contribution in [0.1, 0.15) is 17.5 Å². The van der Waals surface area contributed by atoms with Crippen molar-refractivity contribution in [3.8, 4) is 0 Å². The second-order valence-corrected chi connectivity index (χ2v) is 4.88. The molecule has 1 unspecified atom stereocenters. The van der Waals surface area contributed by atoms with Gasteiger partial charge in [0.1, 0.15) is 6.04 Å². The molecule has 3 N–H and O–H groups in total. The highest BCUT2D eigenvalue weighted by molar-refractivity contribution is 7.98. The molecule has 88 valence electrons. The van der Waals surface area contributed by atoms with Crippen LogP contribution in [0.3, 0.4) is 0 Å². The van der Waals surface area contributed by atoms with Gasteiger partial charge in [0.05, 0.1) is 0 Å². The maximum Gasteiger partial charge on any atom is 0.320 e. The van der Waals surface area contributed by atoms with Gasteiger partial charge in [0, 0.05) is 5.75 Å². The first kappa shape index (κ1) is 13.1. The molecule has 0 aromatic heterocycles. The molecule has 0 fully saturated rings. The molecule has 0 spiro atoms. The summed E-state index contributed by atoms with van der Waals surface area (Å²) in [4.78, 5) is 10.5. The average molecular weight is 239 g/mol. The van der Waals surface area contributed by atoms with Crippen LogP contribution in [0.2, 0.25) is 0 Å². The molecule has 3 nitrogen and oxygen atoms in total. The lowest BCUT2D eigenvalue weighted by atomic mass is 10.2. The fraction of sp³-hybridized carbons (Fsp3) is 0.417. The van der Waals surface area contributed by atoms with Crippen molar-refractivity contribution in [2.24, 2.45) is 5.73 Å². The molecule has 16 heavy (non-hydrogen) atoms. The second-order valence-electron chi connectivity index (χ2n) is 3.78. The maximum atomic E-state index is 10.5. The molecule has 4 heteroatoms. The molecule has 0 aliphatic heterocycles. The normalized spacial score (nSPS) is 12.4. The quantitative estimate of drug-likeness (QED) is 0.746. The smallest absolute Gasteiger partial charge is 0.320 e. The lowest BCUT2D eigenvalue weighted by Crippen LogP contribution is -2.30. The number of hydrogen-bond donors (Lipinski definition) is 2. The monoisotopic (exact) mass is 239 g/mol. The summed E-state index contributed by atoms with van der Waals surface area (Å²) in [5.41, 5.74) is 7.93. The van der Waals surface area contributed by atoms with Crippen molar-refractivity contribution in [1.82, 2.24) is 0 Å². The number of carboxylic acids is 1. The Hall–Kier alpha value is -1.00. The maximum absolute atomic E-state index is 10.5. The number of aryl methyl sites for hydroxylation is 1. The summed E-state index contributed by atoms with van der Waals surface area (Å²) in [5, 5.41) is 8.60. The summed E-state index contributed by atoms with van der Waals surface area (Å²) in [5.74, 6) is 0.770. The van der Waals surface area contributed by atoms with E-state index in [1.165, 1.54) is 11.1 Å². The van der Waals surface area contributed by atoms with E-state index < -0.39 is 12.0 Å². The van der Waals surface area contributed by atoms with Crippen molar-refractivity contribution in [2.45, 2.75) is 25.1 Å². The molecule has 1 aromatic rings. The Morgan fingerprint density at radius 1 is 1.56 bits per heavy atom. The van der Waals surface area contributed by atoms with E-state index in [-0.39, 0.29) is 0 Å². The third kappa shape index (κ3) is 4.68. The van der Waals surface area contributed by atoms with E-state index in [9.17, 15) is 4.79 Å². The number of benzene rings is 1. The van der Waals surface area contributed by atoms with E-state index in [1.54, 1.807) is 11.8 Å². The molecule has 0 saturated heterocycles. The average Bonchev–Trinajstić information content (AvgIpc) is 2.24. The van der Waals surface area contributed by atoms with Crippen LogP contribution in [0.5, 0.6) is 0 Å². The summed E-state index contributed by atoms with van der Waals surface area (Å²) in [6, 6.07) is 7.59. The van der Waals surface area contributed by atoms with Crippen LogP contribution in [-0.4, -0.2) is 22.9 Å². The van der Waals surface area contributed by atoms with Crippen molar-refractivity contribution in [3.63, 3.8) is 0 Å². The van der Waals surface area contributed by atoms with E-state index in [1.807, 2.05) is 6.07 Å². The number of carboxylic acid groups (broad SMARTS) is 1. The van der Waals surface area contributed by atoms with Crippen molar-refractivity contribution < 1.29 is 9.90 Å². The second kappa shape index (κ2) is 6.55. The summed E-state index contributed by atoms with van der Waals surface area (Å²) in [6.07, 6.45) is 0.520. The van der Waals surface area contributed by atoms with Gasteiger partial charge in [-0.25, -0.2) is 0 Å². The molecular formula is C12H17NO2S. The van der Waals surface area contributed by atoms with Crippen LogP contribution in [0.15, 0.2) is 24.3 Å². The van der Waals surface area contributed by atoms with Gasteiger partial charge in [-0.1, -0.05) is 29.8 Å². The highest BCUT2D eigenvalue weighted by Gasteiger charge is 2.10. The third-order valence-corrected chi connectivity index (χ3v) is 3.30. The summed E-state index contributed by atoms with van der Waals surface area (Å²) >= 11 is 1.72. The lowest BCUT2D eigenvalue weighted by Gasteiger charge is -2.06. The number of carbonyl (C=O) groups is 1. The zero-order chi connectivity index (χ0) is 12.0. The van der Waals surface area contributed by atoms with Gasteiger partial charge in [0.2, 0.25) is 0 Å². The Balaban J connectivity index is 2.23. The Labute approximate surface area is 100 Å². The van der Waals surface area contributed by atoms with E-state index >= 15 is 0 Å². The summed E-state index contributed by atoms with van der Waals surface area (Å²) in [6.45, 7) is 2.06. The van der Waals surface area contributed by atoms with E-state index in [4.69, 9.17) is 10.8 Å². The van der Waals surface area contributed by atoms with Crippen LogP contribution in [0, 0.1) is 6.92 Å². The predicted octanol–water partition coefficient (Wildman–Crippen LogP) is 2.03. The molecule has 0 amide bonds. The molecule has 1 rings (SSSR count). The van der Waals surface area contributed by atoms with Crippen molar-refractivity contribution in [1.29, 1.82) is 0 Å². The molecule has 1 atom stereocenters. The van der Waals surface area contributed by atoms with Gasteiger partial charge in [-0.05, 0) is 24.7 Å². The number of rotatable bonds is 6. The first-order chi connectivity index (χ1) is 7.59. The molecule has 0 heterocycles. The van der Waals surface area contributed by atoms with Crippen LogP contribution >= 0.6 is 11.8 Å². The summed E-state index contributed by atoms with van der Waals surface area (Å²) < 4.78 is 0. The van der Waals surface area contributed by atoms with E-state index in [0.717, 1.165) is 11.5 Å². The van der Waals surface area contributed by atoms with Gasteiger partial charge in [0.15, 0.2) is 0 Å². The lowest BCUT2D eigenvalue weighted by molar-refractivity contribution is -0.138. The number of nitrogens with two attached hydrogens (primary N) is 1.